The first-order chi connectivity index (χ1) is 15.2. The van der Waals surface area contributed by atoms with Crippen LogP contribution in [0.1, 0.15) is 53.6 Å². The van der Waals surface area contributed by atoms with Crippen molar-refractivity contribution in [3.8, 4) is 11.1 Å². The average molecular weight is 415 g/mol. The van der Waals surface area contributed by atoms with Crippen LogP contribution in [0.15, 0.2) is 61.2 Å². The van der Waals surface area contributed by atoms with Gasteiger partial charge in [0, 0.05) is 54.7 Å². The summed E-state index contributed by atoms with van der Waals surface area (Å²) < 4.78 is 0. The fourth-order valence-electron chi connectivity index (χ4n) is 4.18. The Balaban J connectivity index is 1.75. The van der Waals surface area contributed by atoms with Gasteiger partial charge in [0.05, 0.1) is 0 Å². The summed E-state index contributed by atoms with van der Waals surface area (Å²) in [5.41, 5.74) is 6.26. The smallest absolute Gasteiger partial charge is 0.258 e. The Morgan fingerprint density at radius 3 is 2.55 bits per heavy atom. The van der Waals surface area contributed by atoms with Crippen molar-refractivity contribution in [1.29, 1.82) is 0 Å². The monoisotopic (exact) mass is 414 g/mol. The fourth-order valence-corrected chi connectivity index (χ4v) is 4.18. The number of amides is 1. The molecule has 4 rings (SSSR count). The summed E-state index contributed by atoms with van der Waals surface area (Å²) in [6.07, 6.45) is 12.9. The lowest BCUT2D eigenvalue weighted by Crippen LogP contribution is -2.33. The maximum absolute atomic E-state index is 13.5. The molecule has 1 aliphatic heterocycles. The molecule has 5 nitrogen and oxygen atoms in total. The van der Waals surface area contributed by atoms with Gasteiger partial charge in [-0.15, -0.1) is 0 Å². The minimum atomic E-state index is 0.0333. The Morgan fingerprint density at radius 2 is 1.71 bits per heavy atom. The van der Waals surface area contributed by atoms with Crippen molar-refractivity contribution in [1.82, 2.24) is 15.3 Å². The quantitative estimate of drug-likeness (QED) is 0.630. The van der Waals surface area contributed by atoms with Crippen molar-refractivity contribution in [2.45, 2.75) is 45.6 Å². The third-order valence-electron chi connectivity index (χ3n) is 5.94. The lowest BCUT2D eigenvalue weighted by Gasteiger charge is -2.27. The highest BCUT2D eigenvalue weighted by Gasteiger charge is 2.21. The normalized spacial score (nSPS) is 15.5. The second kappa shape index (κ2) is 10.3. The molecule has 1 aromatic carbocycles. The number of pyridine rings is 2. The van der Waals surface area contributed by atoms with E-state index in [-0.39, 0.29) is 5.91 Å². The molecule has 3 aromatic rings. The van der Waals surface area contributed by atoms with Crippen molar-refractivity contribution in [3.63, 3.8) is 0 Å². The second-order valence-corrected chi connectivity index (χ2v) is 8.17. The van der Waals surface area contributed by atoms with E-state index in [2.05, 4.69) is 40.4 Å². The number of fused-ring (bicyclic) bond motifs is 1. The summed E-state index contributed by atoms with van der Waals surface area (Å²) in [5, 5.41) is 3.59. The van der Waals surface area contributed by atoms with Gasteiger partial charge in [0.15, 0.2) is 0 Å². The number of carbonyl (C=O) groups excluding carboxylic acids is 1. The molecule has 3 heterocycles. The molecule has 2 aromatic heterocycles. The Bertz CT molecular complexity index is 1020. The molecular formula is C26H30N4O. The van der Waals surface area contributed by atoms with Crippen molar-refractivity contribution in [3.05, 3.63) is 77.9 Å². The third kappa shape index (κ3) is 5.17. The molecule has 1 N–H and O–H groups in total. The average Bonchev–Trinajstić information content (AvgIpc) is 2.80. The van der Waals surface area contributed by atoms with Crippen molar-refractivity contribution in [2.24, 2.45) is 0 Å². The highest BCUT2D eigenvalue weighted by atomic mass is 16.2. The van der Waals surface area contributed by atoms with E-state index in [0.717, 1.165) is 54.9 Å². The van der Waals surface area contributed by atoms with Crippen LogP contribution >= 0.6 is 0 Å². The number of nitrogens with one attached hydrogen (secondary N) is 1. The van der Waals surface area contributed by atoms with Gasteiger partial charge >= 0.3 is 0 Å². The number of nitrogens with zero attached hydrogens (tertiary/aromatic N) is 3. The van der Waals surface area contributed by atoms with Gasteiger partial charge in [-0.1, -0.05) is 25.3 Å². The summed E-state index contributed by atoms with van der Waals surface area (Å²) in [6, 6.07) is 12.1. The van der Waals surface area contributed by atoms with E-state index < -0.39 is 0 Å². The van der Waals surface area contributed by atoms with Gasteiger partial charge in [0.1, 0.15) is 0 Å². The zero-order valence-electron chi connectivity index (χ0n) is 18.2. The fraction of sp³-hybridized carbons (Fsp3) is 0.346. The summed E-state index contributed by atoms with van der Waals surface area (Å²) in [7, 11) is 0. The molecular weight excluding hydrogens is 384 g/mol. The molecule has 0 aliphatic carbocycles. The molecule has 0 saturated carbocycles. The number of carbonyl (C=O) groups is 1. The van der Waals surface area contributed by atoms with Crippen LogP contribution in [0.4, 0.5) is 5.69 Å². The topological polar surface area (TPSA) is 58.1 Å². The number of hydrogen-bond donors (Lipinski definition) is 1. The van der Waals surface area contributed by atoms with Gasteiger partial charge in [0.25, 0.3) is 5.91 Å². The van der Waals surface area contributed by atoms with Crippen LogP contribution in [0, 0.1) is 6.92 Å². The number of hydrogen-bond acceptors (Lipinski definition) is 4. The Hall–Kier alpha value is -3.05. The van der Waals surface area contributed by atoms with Gasteiger partial charge in [-0.25, -0.2) is 0 Å². The number of aromatic nitrogens is 2. The zero-order chi connectivity index (χ0) is 21.5. The Morgan fingerprint density at radius 1 is 0.935 bits per heavy atom. The van der Waals surface area contributed by atoms with Crippen molar-refractivity contribution < 1.29 is 4.79 Å². The van der Waals surface area contributed by atoms with Crippen LogP contribution in [0.2, 0.25) is 0 Å². The molecule has 160 valence electrons. The molecule has 0 fully saturated rings. The van der Waals surface area contributed by atoms with E-state index in [1.54, 1.807) is 24.5 Å². The number of rotatable bonds is 2. The Kier molecular flexibility index (Phi) is 7.05. The lowest BCUT2D eigenvalue weighted by molar-refractivity contribution is 0.0986. The van der Waals surface area contributed by atoms with Crippen LogP contribution in [0.5, 0.6) is 0 Å². The van der Waals surface area contributed by atoms with Gasteiger partial charge < -0.3 is 10.2 Å². The van der Waals surface area contributed by atoms with Crippen molar-refractivity contribution >= 4 is 11.6 Å². The summed E-state index contributed by atoms with van der Waals surface area (Å²) in [5.74, 6) is 0.0333. The molecule has 1 aliphatic rings. The van der Waals surface area contributed by atoms with E-state index >= 15 is 0 Å². The molecule has 0 spiro atoms. The first-order valence-corrected chi connectivity index (χ1v) is 11.2. The Labute approximate surface area is 184 Å². The van der Waals surface area contributed by atoms with E-state index in [1.165, 1.54) is 24.8 Å². The van der Waals surface area contributed by atoms with Crippen LogP contribution in [0.3, 0.4) is 0 Å². The predicted octanol–water partition coefficient (Wildman–Crippen LogP) is 5.15. The zero-order valence-corrected chi connectivity index (χ0v) is 18.2. The molecule has 0 radical (unpaired) electrons. The largest absolute Gasteiger partial charge is 0.313 e. The molecule has 31 heavy (non-hydrogen) atoms. The summed E-state index contributed by atoms with van der Waals surface area (Å²) in [6.45, 7) is 4.56. The molecule has 0 unspecified atom stereocenters. The minimum absolute atomic E-state index is 0.0333. The van der Waals surface area contributed by atoms with E-state index in [4.69, 9.17) is 0 Å². The first kappa shape index (κ1) is 21.2. The lowest BCUT2D eigenvalue weighted by atomic mass is 9.98. The third-order valence-corrected chi connectivity index (χ3v) is 5.94. The van der Waals surface area contributed by atoms with Crippen LogP contribution < -0.4 is 10.2 Å². The summed E-state index contributed by atoms with van der Waals surface area (Å²) >= 11 is 0. The van der Waals surface area contributed by atoms with Gasteiger partial charge in [-0.05, 0) is 73.3 Å². The molecule has 0 atom stereocenters. The highest BCUT2D eigenvalue weighted by Crippen LogP contribution is 2.30. The van der Waals surface area contributed by atoms with Crippen LogP contribution in [-0.2, 0) is 6.54 Å². The number of anilines is 1. The maximum atomic E-state index is 13.5. The van der Waals surface area contributed by atoms with Crippen molar-refractivity contribution in [2.75, 3.05) is 18.0 Å². The van der Waals surface area contributed by atoms with Crippen LogP contribution in [0.25, 0.3) is 11.1 Å². The predicted molar refractivity (Wildman–Crippen MR) is 125 cm³/mol. The SMILES string of the molecule is Cc1ccncc1-c1ccc2c(c1)CNCCCCCCCN2C(=O)c1ccncc1. The molecule has 0 saturated heterocycles. The maximum Gasteiger partial charge on any atom is 0.258 e. The summed E-state index contributed by atoms with van der Waals surface area (Å²) in [4.78, 5) is 23.8. The highest BCUT2D eigenvalue weighted by molar-refractivity contribution is 6.06. The first-order valence-electron chi connectivity index (χ1n) is 11.2. The van der Waals surface area contributed by atoms with Gasteiger partial charge in [-0.2, -0.15) is 0 Å². The molecule has 1 amide bonds. The molecule has 0 bridgehead atoms. The number of benzene rings is 1. The van der Waals surface area contributed by atoms with Gasteiger partial charge in [-0.3, -0.25) is 14.8 Å². The standard InChI is InChI=1S/C26H30N4O/c1-20-9-13-29-19-24(20)22-7-8-25-23(17-22)18-28-12-5-3-2-4-6-16-30(25)26(31)21-10-14-27-15-11-21/h7-11,13-15,17,19,28H,2-6,12,16,18H2,1H3. The van der Waals surface area contributed by atoms with E-state index in [1.807, 2.05) is 23.4 Å². The van der Waals surface area contributed by atoms with Crippen LogP contribution in [-0.4, -0.2) is 29.0 Å². The van der Waals surface area contributed by atoms with E-state index in [0.29, 0.717) is 5.56 Å². The molecule has 5 heteroatoms. The van der Waals surface area contributed by atoms with E-state index in [9.17, 15) is 4.79 Å². The van der Waals surface area contributed by atoms with Gasteiger partial charge in [0.2, 0.25) is 0 Å². The minimum Gasteiger partial charge on any atom is -0.313 e. The number of aryl methyl sites for hydroxylation is 1. The second-order valence-electron chi connectivity index (χ2n) is 8.17.